The smallest absolute Gasteiger partial charge is 0.224 e. The Hall–Kier alpha value is -2.42. The lowest BCUT2D eigenvalue weighted by molar-refractivity contribution is -0.134. The Balaban J connectivity index is 1.85. The van der Waals surface area contributed by atoms with Crippen LogP contribution in [0.25, 0.3) is 0 Å². The number of amides is 1. The maximum Gasteiger partial charge on any atom is 0.224 e. The van der Waals surface area contributed by atoms with Crippen molar-refractivity contribution in [2.75, 3.05) is 6.54 Å². The molecule has 1 atom stereocenters. The Labute approximate surface area is 136 Å². The van der Waals surface area contributed by atoms with E-state index in [9.17, 15) is 9.59 Å². The van der Waals surface area contributed by atoms with E-state index < -0.39 is 0 Å². The topological polar surface area (TPSA) is 37.4 Å². The minimum Gasteiger partial charge on any atom is -0.333 e. The standard InChI is InChI=1S/C20H21NO2/c22-15-18-12-7-13-21(18)20(23)14-19(16-8-3-1-4-9-16)17-10-5-2-6-11-17/h1-6,8-11,15,18-19H,7,12-14H2. The molecule has 0 bridgehead atoms. The molecular formula is C20H21NO2. The molecule has 1 heterocycles. The molecule has 2 aromatic rings. The molecule has 1 fully saturated rings. The number of hydrogen-bond donors (Lipinski definition) is 0. The lowest BCUT2D eigenvalue weighted by atomic mass is 9.88. The third-order valence-corrected chi connectivity index (χ3v) is 4.56. The minimum atomic E-state index is -0.241. The molecule has 3 rings (SSSR count). The summed E-state index contributed by atoms with van der Waals surface area (Å²) in [6, 6.07) is 20.0. The number of carbonyl (C=O) groups is 2. The van der Waals surface area contributed by atoms with E-state index in [2.05, 4.69) is 24.3 Å². The van der Waals surface area contributed by atoms with Crippen LogP contribution in [0.15, 0.2) is 60.7 Å². The van der Waals surface area contributed by atoms with Gasteiger partial charge in [0.15, 0.2) is 0 Å². The molecule has 0 aromatic heterocycles. The van der Waals surface area contributed by atoms with Crippen molar-refractivity contribution >= 4 is 12.2 Å². The summed E-state index contributed by atoms with van der Waals surface area (Å²) >= 11 is 0. The maximum absolute atomic E-state index is 12.7. The Morgan fingerprint density at radius 3 is 2.13 bits per heavy atom. The van der Waals surface area contributed by atoms with Crippen molar-refractivity contribution in [1.82, 2.24) is 4.90 Å². The molecule has 0 radical (unpaired) electrons. The summed E-state index contributed by atoms with van der Waals surface area (Å²) in [4.78, 5) is 25.6. The van der Waals surface area contributed by atoms with Gasteiger partial charge in [-0.3, -0.25) is 4.79 Å². The Bertz CT molecular complexity index is 614. The highest BCUT2D eigenvalue weighted by Gasteiger charge is 2.30. The van der Waals surface area contributed by atoms with Gasteiger partial charge < -0.3 is 9.69 Å². The Kier molecular flexibility index (Phi) is 4.86. The van der Waals surface area contributed by atoms with E-state index >= 15 is 0 Å². The van der Waals surface area contributed by atoms with Crippen LogP contribution in [0.2, 0.25) is 0 Å². The maximum atomic E-state index is 12.7. The van der Waals surface area contributed by atoms with Crippen molar-refractivity contribution in [1.29, 1.82) is 0 Å². The average molecular weight is 307 g/mol. The summed E-state index contributed by atoms with van der Waals surface area (Å²) in [5.74, 6) is 0.0927. The van der Waals surface area contributed by atoms with E-state index in [1.807, 2.05) is 36.4 Å². The fourth-order valence-electron chi connectivity index (χ4n) is 3.33. The van der Waals surface area contributed by atoms with E-state index in [0.717, 1.165) is 30.3 Å². The van der Waals surface area contributed by atoms with Crippen LogP contribution in [0.1, 0.15) is 36.3 Å². The molecular weight excluding hydrogens is 286 g/mol. The molecule has 118 valence electrons. The molecule has 3 heteroatoms. The van der Waals surface area contributed by atoms with Gasteiger partial charge in [0.2, 0.25) is 5.91 Å². The number of carbonyl (C=O) groups excluding carboxylic acids is 2. The Morgan fingerprint density at radius 2 is 1.61 bits per heavy atom. The lowest BCUT2D eigenvalue weighted by Crippen LogP contribution is -2.37. The van der Waals surface area contributed by atoms with Crippen LogP contribution in [-0.4, -0.2) is 29.7 Å². The number of aldehydes is 1. The molecule has 23 heavy (non-hydrogen) atoms. The first-order valence-corrected chi connectivity index (χ1v) is 8.14. The number of likely N-dealkylation sites (tertiary alicyclic amines) is 1. The van der Waals surface area contributed by atoms with E-state index in [-0.39, 0.29) is 17.9 Å². The van der Waals surface area contributed by atoms with Gasteiger partial charge in [0.1, 0.15) is 6.29 Å². The van der Waals surface area contributed by atoms with Crippen molar-refractivity contribution in [3.05, 3.63) is 71.8 Å². The normalized spacial score (nSPS) is 17.4. The monoisotopic (exact) mass is 307 g/mol. The molecule has 1 aliphatic heterocycles. The van der Waals surface area contributed by atoms with Crippen molar-refractivity contribution in [3.63, 3.8) is 0 Å². The summed E-state index contributed by atoms with van der Waals surface area (Å²) in [5, 5.41) is 0. The lowest BCUT2D eigenvalue weighted by Gasteiger charge is -2.24. The third-order valence-electron chi connectivity index (χ3n) is 4.56. The number of hydrogen-bond acceptors (Lipinski definition) is 2. The van der Waals surface area contributed by atoms with Crippen LogP contribution in [-0.2, 0) is 9.59 Å². The summed E-state index contributed by atoms with van der Waals surface area (Å²) in [6.07, 6.45) is 3.01. The highest BCUT2D eigenvalue weighted by Crippen LogP contribution is 2.29. The van der Waals surface area contributed by atoms with Gasteiger partial charge in [-0.2, -0.15) is 0 Å². The highest BCUT2D eigenvalue weighted by atomic mass is 16.2. The van der Waals surface area contributed by atoms with Gasteiger partial charge in [-0.05, 0) is 24.0 Å². The molecule has 2 aromatic carbocycles. The van der Waals surface area contributed by atoms with Crippen molar-refractivity contribution < 1.29 is 9.59 Å². The van der Waals surface area contributed by atoms with Crippen molar-refractivity contribution in [3.8, 4) is 0 Å². The summed E-state index contributed by atoms with van der Waals surface area (Å²) < 4.78 is 0. The summed E-state index contributed by atoms with van der Waals surface area (Å²) in [5.41, 5.74) is 2.27. The number of rotatable bonds is 5. The third kappa shape index (κ3) is 3.50. The van der Waals surface area contributed by atoms with E-state index in [1.165, 1.54) is 0 Å². The van der Waals surface area contributed by atoms with Gasteiger partial charge in [0, 0.05) is 18.9 Å². The predicted molar refractivity (Wildman–Crippen MR) is 90.1 cm³/mol. The van der Waals surface area contributed by atoms with Crippen LogP contribution in [0.5, 0.6) is 0 Å². The van der Waals surface area contributed by atoms with Crippen molar-refractivity contribution in [2.45, 2.75) is 31.2 Å². The zero-order chi connectivity index (χ0) is 16.1. The van der Waals surface area contributed by atoms with E-state index in [4.69, 9.17) is 0 Å². The molecule has 1 amide bonds. The van der Waals surface area contributed by atoms with Crippen LogP contribution in [0.3, 0.4) is 0 Å². The van der Waals surface area contributed by atoms with Gasteiger partial charge in [-0.25, -0.2) is 0 Å². The molecule has 0 saturated carbocycles. The summed E-state index contributed by atoms with van der Waals surface area (Å²) in [7, 11) is 0. The molecule has 1 aliphatic rings. The zero-order valence-electron chi connectivity index (χ0n) is 13.1. The molecule has 0 N–H and O–H groups in total. The van der Waals surface area contributed by atoms with E-state index in [0.29, 0.717) is 13.0 Å². The number of benzene rings is 2. The second kappa shape index (κ2) is 7.23. The molecule has 1 saturated heterocycles. The predicted octanol–water partition coefficient (Wildman–Crippen LogP) is 3.40. The van der Waals surface area contributed by atoms with Gasteiger partial charge in [0.05, 0.1) is 6.04 Å². The second-order valence-corrected chi connectivity index (χ2v) is 6.01. The van der Waals surface area contributed by atoms with Gasteiger partial charge in [0.25, 0.3) is 0 Å². The first-order chi connectivity index (χ1) is 11.3. The number of nitrogens with zero attached hydrogens (tertiary/aromatic N) is 1. The van der Waals surface area contributed by atoms with Gasteiger partial charge in [-0.15, -0.1) is 0 Å². The second-order valence-electron chi connectivity index (χ2n) is 6.01. The first-order valence-electron chi connectivity index (χ1n) is 8.14. The zero-order valence-corrected chi connectivity index (χ0v) is 13.1. The van der Waals surface area contributed by atoms with Crippen LogP contribution >= 0.6 is 0 Å². The fourth-order valence-corrected chi connectivity index (χ4v) is 3.33. The quantitative estimate of drug-likeness (QED) is 0.794. The fraction of sp³-hybridized carbons (Fsp3) is 0.300. The molecule has 0 spiro atoms. The Morgan fingerprint density at radius 1 is 1.04 bits per heavy atom. The first kappa shape index (κ1) is 15.5. The van der Waals surface area contributed by atoms with Gasteiger partial charge in [-0.1, -0.05) is 60.7 Å². The minimum absolute atomic E-state index is 0.0257. The average Bonchev–Trinajstić information content (AvgIpc) is 3.10. The van der Waals surface area contributed by atoms with Crippen LogP contribution in [0, 0.1) is 0 Å². The molecule has 3 nitrogen and oxygen atoms in total. The van der Waals surface area contributed by atoms with Gasteiger partial charge >= 0.3 is 0 Å². The molecule has 0 aliphatic carbocycles. The van der Waals surface area contributed by atoms with E-state index in [1.54, 1.807) is 4.90 Å². The van der Waals surface area contributed by atoms with Crippen molar-refractivity contribution in [2.24, 2.45) is 0 Å². The SMILES string of the molecule is O=CC1CCCN1C(=O)CC(c1ccccc1)c1ccccc1. The van der Waals surface area contributed by atoms with Crippen LogP contribution in [0.4, 0.5) is 0 Å². The largest absolute Gasteiger partial charge is 0.333 e. The molecule has 1 unspecified atom stereocenters. The summed E-state index contributed by atoms with van der Waals surface area (Å²) in [6.45, 7) is 0.693. The van der Waals surface area contributed by atoms with Crippen LogP contribution < -0.4 is 0 Å². The highest BCUT2D eigenvalue weighted by molar-refractivity contribution is 5.81.